The fraction of sp³-hybridized carbons (Fsp3) is 0.333. The summed E-state index contributed by atoms with van der Waals surface area (Å²) in [4.78, 5) is 8.56. The van der Waals surface area contributed by atoms with Gasteiger partial charge in [0.05, 0.1) is 5.52 Å². The van der Waals surface area contributed by atoms with Gasteiger partial charge in [-0.25, -0.2) is 4.98 Å². The number of benzene rings is 1. The van der Waals surface area contributed by atoms with Crippen LogP contribution in [-0.2, 0) is 6.54 Å². The van der Waals surface area contributed by atoms with Gasteiger partial charge in [-0.3, -0.25) is 0 Å². The molecule has 0 saturated heterocycles. The molecule has 0 atom stereocenters. The molecule has 0 spiro atoms. The molecule has 0 saturated carbocycles. The SMILES string of the molecule is CCCCn1c2ccc(C)cc2c2cnc(N)nc21. The van der Waals surface area contributed by atoms with Gasteiger partial charge >= 0.3 is 0 Å². The number of nitrogen functional groups attached to an aromatic ring is 1. The third kappa shape index (κ3) is 1.93. The molecule has 3 rings (SSSR count). The van der Waals surface area contributed by atoms with E-state index in [9.17, 15) is 0 Å². The highest BCUT2D eigenvalue weighted by atomic mass is 15.1. The van der Waals surface area contributed by atoms with Crippen molar-refractivity contribution in [3.05, 3.63) is 30.0 Å². The number of nitrogens with zero attached hydrogens (tertiary/aromatic N) is 3. The van der Waals surface area contributed by atoms with E-state index in [0.717, 1.165) is 30.4 Å². The number of nitrogens with two attached hydrogens (primary N) is 1. The average Bonchev–Trinajstić information content (AvgIpc) is 2.69. The van der Waals surface area contributed by atoms with Crippen LogP contribution in [-0.4, -0.2) is 14.5 Å². The molecule has 19 heavy (non-hydrogen) atoms. The largest absolute Gasteiger partial charge is 0.368 e. The third-order valence-electron chi connectivity index (χ3n) is 3.51. The first-order valence-electron chi connectivity index (χ1n) is 6.71. The molecular weight excluding hydrogens is 236 g/mol. The lowest BCUT2D eigenvalue weighted by Gasteiger charge is -2.05. The summed E-state index contributed by atoms with van der Waals surface area (Å²) in [7, 11) is 0. The number of fused-ring (bicyclic) bond motifs is 3. The number of hydrogen-bond acceptors (Lipinski definition) is 3. The van der Waals surface area contributed by atoms with Gasteiger partial charge in [0.2, 0.25) is 5.95 Å². The molecule has 3 aromatic rings. The third-order valence-corrected chi connectivity index (χ3v) is 3.51. The molecule has 1 aromatic carbocycles. The predicted molar refractivity (Wildman–Crippen MR) is 79.1 cm³/mol. The van der Waals surface area contributed by atoms with Crippen LogP contribution < -0.4 is 5.73 Å². The Bertz CT molecular complexity index is 743. The highest BCUT2D eigenvalue weighted by Crippen LogP contribution is 2.28. The maximum absolute atomic E-state index is 5.74. The summed E-state index contributed by atoms with van der Waals surface area (Å²) in [6.07, 6.45) is 4.13. The highest BCUT2D eigenvalue weighted by molar-refractivity contribution is 6.06. The fourth-order valence-corrected chi connectivity index (χ4v) is 2.54. The Kier molecular flexibility index (Phi) is 2.85. The molecule has 0 aliphatic carbocycles. The summed E-state index contributed by atoms with van der Waals surface area (Å²) in [6, 6.07) is 6.50. The van der Waals surface area contributed by atoms with Gasteiger partial charge in [-0.15, -0.1) is 0 Å². The van der Waals surface area contributed by atoms with Crippen LogP contribution in [0.2, 0.25) is 0 Å². The minimum atomic E-state index is 0.338. The van der Waals surface area contributed by atoms with Crippen molar-refractivity contribution in [2.75, 3.05) is 5.73 Å². The number of hydrogen-bond donors (Lipinski definition) is 1. The van der Waals surface area contributed by atoms with E-state index in [2.05, 4.69) is 46.6 Å². The van der Waals surface area contributed by atoms with Crippen molar-refractivity contribution < 1.29 is 0 Å². The van der Waals surface area contributed by atoms with Crippen molar-refractivity contribution in [1.29, 1.82) is 0 Å². The molecular formula is C15H18N4. The van der Waals surface area contributed by atoms with Crippen LogP contribution in [0.3, 0.4) is 0 Å². The summed E-state index contributed by atoms with van der Waals surface area (Å²) in [5.41, 5.74) is 9.15. The van der Waals surface area contributed by atoms with Gasteiger partial charge in [-0.05, 0) is 25.5 Å². The first-order chi connectivity index (χ1) is 9.20. The quantitative estimate of drug-likeness (QED) is 0.780. The van der Waals surface area contributed by atoms with E-state index in [-0.39, 0.29) is 0 Å². The van der Waals surface area contributed by atoms with Crippen LogP contribution in [0.15, 0.2) is 24.4 Å². The first kappa shape index (κ1) is 12.0. The Hall–Kier alpha value is -2.10. The van der Waals surface area contributed by atoms with Crippen molar-refractivity contribution in [3.8, 4) is 0 Å². The maximum Gasteiger partial charge on any atom is 0.221 e. The van der Waals surface area contributed by atoms with Gasteiger partial charge in [0, 0.05) is 23.5 Å². The van der Waals surface area contributed by atoms with Gasteiger partial charge < -0.3 is 10.3 Å². The van der Waals surface area contributed by atoms with Crippen LogP contribution in [0.1, 0.15) is 25.3 Å². The summed E-state index contributed by atoms with van der Waals surface area (Å²) < 4.78 is 2.26. The molecule has 2 aromatic heterocycles. The molecule has 4 nitrogen and oxygen atoms in total. The molecule has 0 amide bonds. The van der Waals surface area contributed by atoms with Gasteiger partial charge in [-0.1, -0.05) is 25.0 Å². The molecule has 4 heteroatoms. The summed E-state index contributed by atoms with van der Waals surface area (Å²) in [5.74, 6) is 0.338. The molecule has 98 valence electrons. The molecule has 2 N–H and O–H groups in total. The Morgan fingerprint density at radius 3 is 2.89 bits per heavy atom. The van der Waals surface area contributed by atoms with E-state index in [1.165, 1.54) is 16.5 Å². The highest BCUT2D eigenvalue weighted by Gasteiger charge is 2.12. The van der Waals surface area contributed by atoms with E-state index >= 15 is 0 Å². The Labute approximate surface area is 112 Å². The lowest BCUT2D eigenvalue weighted by Crippen LogP contribution is -2.01. The van der Waals surface area contributed by atoms with E-state index < -0.39 is 0 Å². The number of rotatable bonds is 3. The average molecular weight is 254 g/mol. The zero-order valence-corrected chi connectivity index (χ0v) is 11.3. The molecule has 0 radical (unpaired) electrons. The van der Waals surface area contributed by atoms with E-state index in [0.29, 0.717) is 5.95 Å². The lowest BCUT2D eigenvalue weighted by molar-refractivity contribution is 0.661. The second-order valence-corrected chi connectivity index (χ2v) is 4.99. The number of unbranched alkanes of at least 4 members (excludes halogenated alkanes) is 1. The van der Waals surface area contributed by atoms with E-state index in [1.807, 2.05) is 6.20 Å². The Morgan fingerprint density at radius 1 is 1.26 bits per heavy atom. The molecule has 0 aliphatic heterocycles. The normalized spacial score (nSPS) is 11.5. The van der Waals surface area contributed by atoms with Crippen LogP contribution in [0.5, 0.6) is 0 Å². The second-order valence-electron chi connectivity index (χ2n) is 4.99. The standard InChI is InChI=1S/C15H18N4/c1-3-4-7-19-13-6-5-10(2)8-11(13)12-9-17-15(16)18-14(12)19/h5-6,8-9H,3-4,7H2,1-2H3,(H2,16,17,18). The summed E-state index contributed by atoms with van der Waals surface area (Å²) in [5, 5.41) is 2.30. The second kappa shape index (κ2) is 4.53. The topological polar surface area (TPSA) is 56.7 Å². The minimum Gasteiger partial charge on any atom is -0.368 e. The van der Waals surface area contributed by atoms with Gasteiger partial charge in [0.1, 0.15) is 5.65 Å². The fourth-order valence-electron chi connectivity index (χ4n) is 2.54. The number of anilines is 1. The summed E-state index contributed by atoms with van der Waals surface area (Å²) >= 11 is 0. The lowest BCUT2D eigenvalue weighted by atomic mass is 10.1. The van der Waals surface area contributed by atoms with Crippen LogP contribution in [0.25, 0.3) is 21.9 Å². The van der Waals surface area contributed by atoms with Gasteiger partial charge in [-0.2, -0.15) is 4.98 Å². The number of aromatic nitrogens is 3. The van der Waals surface area contributed by atoms with E-state index in [1.54, 1.807) is 0 Å². The van der Waals surface area contributed by atoms with Crippen molar-refractivity contribution in [2.45, 2.75) is 33.2 Å². The Balaban J connectivity index is 2.36. The molecule has 2 heterocycles. The van der Waals surface area contributed by atoms with Crippen LogP contribution in [0.4, 0.5) is 5.95 Å². The van der Waals surface area contributed by atoms with Crippen molar-refractivity contribution in [3.63, 3.8) is 0 Å². The first-order valence-corrected chi connectivity index (χ1v) is 6.71. The minimum absolute atomic E-state index is 0.338. The molecule has 0 fully saturated rings. The summed E-state index contributed by atoms with van der Waals surface area (Å²) in [6.45, 7) is 5.27. The zero-order valence-electron chi connectivity index (χ0n) is 11.3. The maximum atomic E-state index is 5.74. The monoisotopic (exact) mass is 254 g/mol. The molecule has 0 unspecified atom stereocenters. The smallest absolute Gasteiger partial charge is 0.221 e. The number of aryl methyl sites for hydroxylation is 2. The van der Waals surface area contributed by atoms with Crippen molar-refractivity contribution in [1.82, 2.24) is 14.5 Å². The van der Waals surface area contributed by atoms with E-state index in [4.69, 9.17) is 5.73 Å². The van der Waals surface area contributed by atoms with Crippen molar-refractivity contribution in [2.24, 2.45) is 0 Å². The Morgan fingerprint density at radius 2 is 2.11 bits per heavy atom. The van der Waals surface area contributed by atoms with Crippen LogP contribution in [0, 0.1) is 6.92 Å². The van der Waals surface area contributed by atoms with Gasteiger partial charge in [0.25, 0.3) is 0 Å². The van der Waals surface area contributed by atoms with Crippen molar-refractivity contribution >= 4 is 27.9 Å². The molecule has 0 aliphatic rings. The predicted octanol–water partition coefficient (Wildman–Crippen LogP) is 3.28. The van der Waals surface area contributed by atoms with Crippen LogP contribution >= 0.6 is 0 Å². The zero-order chi connectivity index (χ0) is 13.4. The molecule has 0 bridgehead atoms. The van der Waals surface area contributed by atoms with Gasteiger partial charge in [0.15, 0.2) is 0 Å².